The molecule has 0 radical (unpaired) electrons. The summed E-state index contributed by atoms with van der Waals surface area (Å²) < 4.78 is 23.0. The Balaban J connectivity index is 2.33. The molecule has 0 spiro atoms. The topological polar surface area (TPSA) is 54.5 Å². The lowest BCUT2D eigenvalue weighted by Crippen LogP contribution is -2.60. The first-order chi connectivity index (χ1) is 7.52. The van der Waals surface area contributed by atoms with Gasteiger partial charge in [0.1, 0.15) is 0 Å². The van der Waals surface area contributed by atoms with Gasteiger partial charge < -0.3 is 0 Å². The summed E-state index contributed by atoms with van der Waals surface area (Å²) >= 11 is 0. The molecule has 1 aliphatic heterocycles. The third kappa shape index (κ3) is 1.92. The van der Waals surface area contributed by atoms with Gasteiger partial charge in [-0.3, -0.25) is 4.79 Å². The van der Waals surface area contributed by atoms with E-state index >= 15 is 0 Å². The fourth-order valence-corrected chi connectivity index (χ4v) is 3.10. The lowest BCUT2D eigenvalue weighted by Gasteiger charge is -2.41. The zero-order chi connectivity index (χ0) is 11.8. The van der Waals surface area contributed by atoms with Crippen molar-refractivity contribution in [1.82, 2.24) is 4.31 Å². The zero-order valence-electron chi connectivity index (χ0n) is 8.28. The molecule has 1 saturated heterocycles. The Bertz CT molecular complexity index is 492. The number of carbonyl (C=O) groups is 1. The molecule has 2 aliphatic rings. The van der Waals surface area contributed by atoms with Gasteiger partial charge >= 0.3 is 9.24 Å². The molecule has 0 N–H and O–H groups in total. The Kier molecular flexibility index (Phi) is 2.90. The maximum atomic E-state index is 11.6. The molecule has 86 valence electrons. The van der Waals surface area contributed by atoms with Crippen molar-refractivity contribution in [3.63, 3.8) is 0 Å². The van der Waals surface area contributed by atoms with Crippen molar-refractivity contribution in [3.8, 4) is 0 Å². The standard InChI is InChI=1S/C10H10ClNO3S/c11-16(14,15)12-9-7-5-3-1-2-4-6-8(9)10(12)13/h1,3-9H,2H2/b3-1-,6-4-,7-5-/t8-,9-/m0/s1. The quantitative estimate of drug-likeness (QED) is 0.406. The van der Waals surface area contributed by atoms with Crippen molar-refractivity contribution in [1.29, 1.82) is 0 Å². The molecule has 0 saturated carbocycles. The smallest absolute Gasteiger partial charge is 0.273 e. The number of fused-ring (bicyclic) bond motifs is 1. The van der Waals surface area contributed by atoms with E-state index in [9.17, 15) is 13.2 Å². The fourth-order valence-electron chi connectivity index (χ4n) is 1.79. The summed E-state index contributed by atoms with van der Waals surface area (Å²) in [7, 11) is 1.21. The average molecular weight is 260 g/mol. The molecule has 0 aromatic rings. The average Bonchev–Trinajstić information content (AvgIpc) is 2.25. The van der Waals surface area contributed by atoms with Crippen molar-refractivity contribution in [3.05, 3.63) is 36.5 Å². The predicted octanol–water partition coefficient (Wildman–Crippen LogP) is 1.37. The van der Waals surface area contributed by atoms with Crippen LogP contribution in [0.3, 0.4) is 0 Å². The Hall–Kier alpha value is -1.07. The molecule has 1 fully saturated rings. The monoisotopic (exact) mass is 259 g/mol. The van der Waals surface area contributed by atoms with Gasteiger partial charge in [-0.15, -0.1) is 0 Å². The SMILES string of the molecule is O=C1[C@H]2/C=C\C/C=C\C=C/[C@@H]2N1S(=O)(=O)Cl. The number of β-lactam (4-membered cyclic amide) rings is 1. The van der Waals surface area contributed by atoms with Gasteiger partial charge in [-0.1, -0.05) is 36.5 Å². The molecule has 6 heteroatoms. The summed E-state index contributed by atoms with van der Waals surface area (Å²) in [6.07, 6.45) is 11.4. The number of hydrogen-bond donors (Lipinski definition) is 0. The molecule has 4 nitrogen and oxygen atoms in total. The first-order valence-electron chi connectivity index (χ1n) is 4.79. The van der Waals surface area contributed by atoms with Crippen LogP contribution in [0.2, 0.25) is 0 Å². The number of halogens is 1. The van der Waals surface area contributed by atoms with Crippen LogP contribution in [0.25, 0.3) is 0 Å². The van der Waals surface area contributed by atoms with E-state index in [4.69, 9.17) is 10.7 Å². The number of allylic oxidation sites excluding steroid dienone is 4. The van der Waals surface area contributed by atoms with Gasteiger partial charge in [-0.25, -0.2) is 4.31 Å². The number of carbonyl (C=O) groups excluding carboxylic acids is 1. The van der Waals surface area contributed by atoms with Crippen LogP contribution in [-0.4, -0.2) is 24.7 Å². The molecule has 16 heavy (non-hydrogen) atoms. The molecule has 0 bridgehead atoms. The van der Waals surface area contributed by atoms with Crippen LogP contribution >= 0.6 is 10.7 Å². The van der Waals surface area contributed by atoms with Gasteiger partial charge in [-0.2, -0.15) is 8.42 Å². The lowest BCUT2D eigenvalue weighted by atomic mass is 9.89. The Morgan fingerprint density at radius 3 is 2.69 bits per heavy atom. The van der Waals surface area contributed by atoms with Crippen LogP contribution in [-0.2, 0) is 14.0 Å². The van der Waals surface area contributed by atoms with E-state index < -0.39 is 27.1 Å². The lowest BCUT2D eigenvalue weighted by molar-refractivity contribution is -0.140. The minimum Gasteiger partial charge on any atom is -0.273 e. The number of nitrogens with zero attached hydrogens (tertiary/aromatic N) is 1. The maximum absolute atomic E-state index is 11.6. The Morgan fingerprint density at radius 1 is 1.25 bits per heavy atom. The molecule has 0 aromatic heterocycles. The normalized spacial score (nSPS) is 35.1. The van der Waals surface area contributed by atoms with Crippen LogP contribution in [0.4, 0.5) is 0 Å². The van der Waals surface area contributed by atoms with Crippen molar-refractivity contribution in [2.75, 3.05) is 0 Å². The van der Waals surface area contributed by atoms with Crippen molar-refractivity contribution < 1.29 is 13.2 Å². The minimum atomic E-state index is -3.98. The third-order valence-electron chi connectivity index (χ3n) is 2.55. The van der Waals surface area contributed by atoms with Gasteiger partial charge in [0.15, 0.2) is 0 Å². The number of amides is 1. The number of rotatable bonds is 1. The maximum Gasteiger partial charge on any atom is 0.324 e. The minimum absolute atomic E-state index is 0.412. The highest BCUT2D eigenvalue weighted by atomic mass is 35.7. The summed E-state index contributed by atoms with van der Waals surface area (Å²) in [5.74, 6) is -0.882. The molecule has 0 unspecified atom stereocenters. The van der Waals surface area contributed by atoms with E-state index in [0.717, 1.165) is 6.42 Å². The molecular weight excluding hydrogens is 250 g/mol. The summed E-state index contributed by atoms with van der Waals surface area (Å²) in [5.41, 5.74) is 0. The number of hydrogen-bond acceptors (Lipinski definition) is 3. The van der Waals surface area contributed by atoms with E-state index in [1.54, 1.807) is 18.2 Å². The van der Waals surface area contributed by atoms with Gasteiger partial charge in [0.25, 0.3) is 0 Å². The van der Waals surface area contributed by atoms with Crippen molar-refractivity contribution >= 4 is 25.8 Å². The first-order valence-corrected chi connectivity index (χ1v) is 7.06. The van der Waals surface area contributed by atoms with Crippen LogP contribution < -0.4 is 0 Å². The second-order valence-electron chi connectivity index (χ2n) is 3.57. The third-order valence-corrected chi connectivity index (χ3v) is 3.89. The van der Waals surface area contributed by atoms with E-state index in [-0.39, 0.29) is 0 Å². The highest BCUT2D eigenvalue weighted by Crippen LogP contribution is 2.33. The molecule has 1 aliphatic carbocycles. The van der Waals surface area contributed by atoms with E-state index in [1.165, 1.54) is 0 Å². The fraction of sp³-hybridized carbons (Fsp3) is 0.300. The largest absolute Gasteiger partial charge is 0.324 e. The highest BCUT2D eigenvalue weighted by molar-refractivity contribution is 8.12. The molecule has 2 rings (SSSR count). The van der Waals surface area contributed by atoms with E-state index in [1.807, 2.05) is 18.2 Å². The van der Waals surface area contributed by atoms with Crippen molar-refractivity contribution in [2.45, 2.75) is 12.5 Å². The predicted molar refractivity (Wildman–Crippen MR) is 60.9 cm³/mol. The van der Waals surface area contributed by atoms with Gasteiger partial charge in [-0.05, 0) is 6.42 Å². The van der Waals surface area contributed by atoms with Gasteiger partial charge in [0.2, 0.25) is 5.91 Å². The Morgan fingerprint density at radius 2 is 2.00 bits per heavy atom. The molecule has 1 heterocycles. The zero-order valence-corrected chi connectivity index (χ0v) is 9.86. The summed E-state index contributed by atoms with van der Waals surface area (Å²) in [4.78, 5) is 11.6. The van der Waals surface area contributed by atoms with Crippen molar-refractivity contribution in [2.24, 2.45) is 5.92 Å². The molecule has 1 amide bonds. The molecule has 0 aromatic carbocycles. The van der Waals surface area contributed by atoms with Gasteiger partial charge in [0, 0.05) is 10.7 Å². The molecular formula is C10H10ClNO3S. The summed E-state index contributed by atoms with van der Waals surface area (Å²) in [6, 6.07) is -0.492. The van der Waals surface area contributed by atoms with Crippen LogP contribution in [0.15, 0.2) is 36.5 Å². The highest BCUT2D eigenvalue weighted by Gasteiger charge is 2.50. The van der Waals surface area contributed by atoms with Crippen LogP contribution in [0, 0.1) is 5.92 Å². The second-order valence-corrected chi connectivity index (χ2v) is 5.96. The van der Waals surface area contributed by atoms with E-state index in [0.29, 0.717) is 4.31 Å². The van der Waals surface area contributed by atoms with Gasteiger partial charge in [0.05, 0.1) is 12.0 Å². The van der Waals surface area contributed by atoms with Crippen LogP contribution in [0.1, 0.15) is 6.42 Å². The first kappa shape index (κ1) is 11.4. The summed E-state index contributed by atoms with van der Waals surface area (Å²) in [6.45, 7) is 0. The van der Waals surface area contributed by atoms with E-state index in [2.05, 4.69) is 0 Å². The summed E-state index contributed by atoms with van der Waals surface area (Å²) in [5, 5.41) is 0. The molecule has 2 atom stereocenters. The van der Waals surface area contributed by atoms with Crippen LogP contribution in [0.5, 0.6) is 0 Å². The second kappa shape index (κ2) is 4.07. The Labute approximate surface area is 98.4 Å².